The molecule has 2 amide bonds. The van der Waals surface area contributed by atoms with Crippen LogP contribution in [0.4, 0.5) is 5.69 Å². The van der Waals surface area contributed by atoms with Gasteiger partial charge in [0.15, 0.2) is 0 Å². The molecule has 0 radical (unpaired) electrons. The van der Waals surface area contributed by atoms with Crippen LogP contribution in [0.3, 0.4) is 0 Å². The van der Waals surface area contributed by atoms with Gasteiger partial charge in [-0.3, -0.25) is 20.4 Å². The Morgan fingerprint density at radius 1 is 1.04 bits per heavy atom. The second-order valence-electron chi connectivity index (χ2n) is 5.67. The van der Waals surface area contributed by atoms with Gasteiger partial charge in [0.05, 0.1) is 29.8 Å². The molecule has 0 unspecified atom stereocenters. The Morgan fingerprint density at radius 3 is 2.43 bits per heavy atom. The van der Waals surface area contributed by atoms with Crippen molar-refractivity contribution in [1.82, 2.24) is 10.9 Å². The van der Waals surface area contributed by atoms with E-state index in [1.165, 1.54) is 0 Å². The third kappa shape index (κ3) is 7.35. The number of carbonyl (C=O) groups excluding carboxylic acids is 2. The summed E-state index contributed by atoms with van der Waals surface area (Å²) in [4.78, 5) is 23.5. The van der Waals surface area contributed by atoms with Crippen molar-refractivity contribution >= 4 is 40.7 Å². The van der Waals surface area contributed by atoms with Crippen LogP contribution in [-0.2, 0) is 9.59 Å². The number of ether oxygens (including phenoxy) is 1. The molecule has 0 aromatic heterocycles. The molecular formula is C19H18Cl2N4O3. The molecule has 28 heavy (non-hydrogen) atoms. The average Bonchev–Trinajstić information content (AvgIpc) is 2.69. The maximum Gasteiger partial charge on any atom is 0.257 e. The Labute approximate surface area is 172 Å². The monoisotopic (exact) mass is 420 g/mol. The van der Waals surface area contributed by atoms with Crippen molar-refractivity contribution in [3.8, 4) is 11.8 Å². The van der Waals surface area contributed by atoms with Gasteiger partial charge in [-0.25, -0.2) is 0 Å². The first-order valence-corrected chi connectivity index (χ1v) is 9.13. The molecule has 0 saturated carbocycles. The van der Waals surface area contributed by atoms with E-state index in [1.54, 1.807) is 42.5 Å². The van der Waals surface area contributed by atoms with Crippen LogP contribution in [0.5, 0.6) is 5.75 Å². The van der Waals surface area contributed by atoms with E-state index in [4.69, 9.17) is 33.2 Å². The van der Waals surface area contributed by atoms with Gasteiger partial charge in [0.25, 0.3) is 5.91 Å². The van der Waals surface area contributed by atoms with Crippen molar-refractivity contribution in [2.24, 2.45) is 0 Å². The molecule has 7 nitrogen and oxygen atoms in total. The fourth-order valence-corrected chi connectivity index (χ4v) is 2.56. The summed E-state index contributed by atoms with van der Waals surface area (Å²) in [6.07, 6.45) is 0.624. The second kappa shape index (κ2) is 11.0. The zero-order chi connectivity index (χ0) is 20.4. The number of nitrogens with one attached hydrogen (secondary N) is 3. The lowest BCUT2D eigenvalue weighted by molar-refractivity contribution is -0.128. The Hall–Kier alpha value is -2.95. The van der Waals surface area contributed by atoms with Crippen LogP contribution in [0.2, 0.25) is 10.0 Å². The number of halogens is 2. The van der Waals surface area contributed by atoms with Crippen molar-refractivity contribution in [1.29, 1.82) is 5.26 Å². The van der Waals surface area contributed by atoms with E-state index in [9.17, 15) is 9.59 Å². The molecule has 3 N–H and O–H groups in total. The summed E-state index contributed by atoms with van der Waals surface area (Å²) in [5.41, 5.74) is 5.88. The molecule has 0 aliphatic rings. The van der Waals surface area contributed by atoms with E-state index in [-0.39, 0.29) is 18.9 Å². The van der Waals surface area contributed by atoms with Crippen LogP contribution in [0.25, 0.3) is 0 Å². The Bertz CT molecular complexity index is 866. The zero-order valence-corrected chi connectivity index (χ0v) is 16.3. The van der Waals surface area contributed by atoms with Gasteiger partial charge in [0, 0.05) is 17.1 Å². The van der Waals surface area contributed by atoms with Gasteiger partial charge in [-0.2, -0.15) is 5.26 Å². The average molecular weight is 421 g/mol. The van der Waals surface area contributed by atoms with Crippen LogP contribution in [0, 0.1) is 11.3 Å². The minimum Gasteiger partial charge on any atom is -0.492 e. The van der Waals surface area contributed by atoms with Gasteiger partial charge < -0.3 is 10.1 Å². The third-order valence-corrected chi connectivity index (χ3v) is 4.04. The maximum atomic E-state index is 11.7. The van der Waals surface area contributed by atoms with Gasteiger partial charge in [0.1, 0.15) is 5.75 Å². The first-order valence-electron chi connectivity index (χ1n) is 8.37. The van der Waals surface area contributed by atoms with Gasteiger partial charge in [0.2, 0.25) is 5.91 Å². The molecule has 0 fully saturated rings. The number of anilines is 1. The molecule has 0 bridgehead atoms. The minimum absolute atomic E-state index is 0.0235. The number of carbonyl (C=O) groups is 2. The Kier molecular flexibility index (Phi) is 8.40. The number of benzene rings is 2. The van der Waals surface area contributed by atoms with Crippen LogP contribution in [0.1, 0.15) is 18.4 Å². The zero-order valence-electron chi connectivity index (χ0n) is 14.8. The van der Waals surface area contributed by atoms with E-state index in [2.05, 4.69) is 16.2 Å². The third-order valence-electron chi connectivity index (χ3n) is 3.51. The van der Waals surface area contributed by atoms with Crippen molar-refractivity contribution in [3.05, 3.63) is 58.1 Å². The highest BCUT2D eigenvalue weighted by Gasteiger charge is 2.06. The predicted molar refractivity (Wildman–Crippen MR) is 107 cm³/mol. The normalized spacial score (nSPS) is 9.89. The summed E-state index contributed by atoms with van der Waals surface area (Å²) >= 11 is 11.8. The molecular weight excluding hydrogens is 403 g/mol. The number of amides is 2. The minimum atomic E-state index is -0.401. The van der Waals surface area contributed by atoms with Crippen molar-refractivity contribution in [2.45, 2.75) is 12.8 Å². The molecule has 0 heterocycles. The molecule has 0 atom stereocenters. The summed E-state index contributed by atoms with van der Waals surface area (Å²) in [5.74, 6) is -0.243. The fourth-order valence-electron chi connectivity index (χ4n) is 2.10. The summed E-state index contributed by atoms with van der Waals surface area (Å²) in [6.45, 7) is 0.271. The van der Waals surface area contributed by atoms with Gasteiger partial charge >= 0.3 is 0 Å². The number of hydrogen-bond donors (Lipinski definition) is 3. The first kappa shape index (κ1) is 21.4. The standard InChI is InChI=1S/C19H18Cl2N4O3/c20-14-5-8-17(16(21)10-14)28-9-1-2-18(26)24-25-19(27)12-23-15-6-3-13(11-22)4-7-15/h3-8,10,23H,1-2,9,12H2,(H,24,26)(H,25,27). The maximum absolute atomic E-state index is 11.7. The molecule has 2 rings (SSSR count). The molecule has 0 aliphatic heterocycles. The lowest BCUT2D eigenvalue weighted by atomic mass is 10.2. The molecule has 2 aromatic rings. The Morgan fingerprint density at radius 2 is 1.75 bits per heavy atom. The largest absolute Gasteiger partial charge is 0.492 e. The summed E-state index contributed by atoms with van der Waals surface area (Å²) in [5, 5.41) is 12.5. The van der Waals surface area contributed by atoms with Crippen LogP contribution in [-0.4, -0.2) is 25.0 Å². The van der Waals surface area contributed by atoms with Crippen molar-refractivity contribution < 1.29 is 14.3 Å². The van der Waals surface area contributed by atoms with E-state index in [0.717, 1.165) is 0 Å². The van der Waals surface area contributed by atoms with Crippen LogP contribution < -0.4 is 20.9 Å². The van der Waals surface area contributed by atoms with Crippen LogP contribution >= 0.6 is 23.2 Å². The molecule has 0 saturated heterocycles. The summed E-state index contributed by atoms with van der Waals surface area (Å²) in [6, 6.07) is 13.6. The molecule has 2 aromatic carbocycles. The summed E-state index contributed by atoms with van der Waals surface area (Å²) in [7, 11) is 0. The number of rotatable bonds is 8. The lowest BCUT2D eigenvalue weighted by Crippen LogP contribution is -2.44. The number of nitrogens with zero attached hydrogens (tertiary/aromatic N) is 1. The highest BCUT2D eigenvalue weighted by Crippen LogP contribution is 2.27. The smallest absolute Gasteiger partial charge is 0.257 e. The molecule has 0 aliphatic carbocycles. The van der Waals surface area contributed by atoms with E-state index in [0.29, 0.717) is 40.1 Å². The van der Waals surface area contributed by atoms with Gasteiger partial charge in [-0.05, 0) is 48.9 Å². The summed E-state index contributed by atoms with van der Waals surface area (Å²) < 4.78 is 5.48. The fraction of sp³-hybridized carbons (Fsp3) is 0.211. The van der Waals surface area contributed by atoms with Crippen molar-refractivity contribution in [2.75, 3.05) is 18.5 Å². The number of hydrazine groups is 1. The second-order valence-corrected chi connectivity index (χ2v) is 6.51. The molecule has 9 heteroatoms. The lowest BCUT2D eigenvalue weighted by Gasteiger charge is -2.10. The van der Waals surface area contributed by atoms with Crippen molar-refractivity contribution in [3.63, 3.8) is 0 Å². The van der Waals surface area contributed by atoms with E-state index in [1.807, 2.05) is 6.07 Å². The first-order chi connectivity index (χ1) is 13.5. The molecule has 146 valence electrons. The highest BCUT2D eigenvalue weighted by atomic mass is 35.5. The van der Waals surface area contributed by atoms with Gasteiger partial charge in [-0.1, -0.05) is 23.2 Å². The SMILES string of the molecule is N#Cc1ccc(NCC(=O)NNC(=O)CCCOc2ccc(Cl)cc2Cl)cc1. The van der Waals surface area contributed by atoms with Gasteiger partial charge in [-0.15, -0.1) is 0 Å². The molecule has 0 spiro atoms. The topological polar surface area (TPSA) is 103 Å². The van der Waals surface area contributed by atoms with E-state index < -0.39 is 5.91 Å². The quantitative estimate of drug-likeness (QED) is 0.449. The predicted octanol–water partition coefficient (Wildman–Crippen LogP) is 3.28. The highest BCUT2D eigenvalue weighted by molar-refractivity contribution is 6.35. The number of nitriles is 1. The Balaban J connectivity index is 1.59. The number of hydrogen-bond acceptors (Lipinski definition) is 5. The van der Waals surface area contributed by atoms with Crippen LogP contribution in [0.15, 0.2) is 42.5 Å². The van der Waals surface area contributed by atoms with E-state index >= 15 is 0 Å².